The number of hydrogen-bond acceptors (Lipinski definition) is 5. The van der Waals surface area contributed by atoms with E-state index in [1.807, 2.05) is 66.7 Å². The average molecular weight is 625 g/mol. The zero-order chi connectivity index (χ0) is 29.9. The number of para-hydroxylation sites is 1. The third kappa shape index (κ3) is 8.98. The predicted molar refractivity (Wildman–Crippen MR) is 167 cm³/mol. The van der Waals surface area contributed by atoms with Crippen LogP contribution in [-0.2, 0) is 22.6 Å². The molecule has 10 heteroatoms. The van der Waals surface area contributed by atoms with Gasteiger partial charge in [-0.25, -0.2) is 5.43 Å². The predicted octanol–water partition coefficient (Wildman–Crippen LogP) is 6.87. The lowest BCUT2D eigenvalue weighted by molar-refractivity contribution is -0.132. The van der Waals surface area contributed by atoms with Crippen molar-refractivity contribution in [2.24, 2.45) is 5.10 Å². The monoisotopic (exact) mass is 623 g/mol. The van der Waals surface area contributed by atoms with Gasteiger partial charge < -0.3 is 14.8 Å². The average Bonchev–Trinajstić information content (AvgIpc) is 2.98. The van der Waals surface area contributed by atoms with Crippen molar-refractivity contribution in [3.05, 3.63) is 129 Å². The molecule has 4 rings (SSSR count). The summed E-state index contributed by atoms with van der Waals surface area (Å²) in [6.07, 6.45) is 0.774. The van der Waals surface area contributed by atoms with Crippen molar-refractivity contribution in [2.45, 2.75) is 32.1 Å². The first-order valence-electron chi connectivity index (χ1n) is 13.0. The number of hydrazone groups is 1. The highest BCUT2D eigenvalue weighted by atomic mass is 35.5. The molecular weight excluding hydrogens is 597 g/mol. The maximum absolute atomic E-state index is 13.2. The van der Waals surface area contributed by atoms with Crippen molar-refractivity contribution in [1.82, 2.24) is 10.7 Å². The van der Waals surface area contributed by atoms with Gasteiger partial charge in [0.1, 0.15) is 24.1 Å². The molecule has 4 aromatic rings. The number of rotatable bonds is 12. The second-order valence-electron chi connectivity index (χ2n) is 9.24. The minimum Gasteiger partial charge on any atom is -0.488 e. The molecule has 0 saturated carbocycles. The van der Waals surface area contributed by atoms with E-state index in [1.54, 1.807) is 31.2 Å². The van der Waals surface area contributed by atoms with Crippen LogP contribution in [0, 0.1) is 0 Å². The topological polar surface area (TPSA) is 89.0 Å². The van der Waals surface area contributed by atoms with Gasteiger partial charge in [0, 0.05) is 27.6 Å². The SMILES string of the molecule is C[C@@H](Oc1ccc(Cl)cc1Cl)C(=O)N[C@@H](Cc1ccccc1)C(=O)N/N=C\c1ccccc1OCc1ccccc1Cl. The van der Waals surface area contributed by atoms with Crippen LogP contribution in [0.2, 0.25) is 15.1 Å². The molecule has 0 unspecified atom stereocenters. The van der Waals surface area contributed by atoms with Crippen LogP contribution in [0.5, 0.6) is 11.5 Å². The Labute approximate surface area is 259 Å². The third-order valence-corrected chi connectivity index (χ3v) is 7.02. The molecule has 2 atom stereocenters. The van der Waals surface area contributed by atoms with Gasteiger partial charge in [0.25, 0.3) is 11.8 Å². The summed E-state index contributed by atoms with van der Waals surface area (Å²) in [4.78, 5) is 26.3. The van der Waals surface area contributed by atoms with Crippen LogP contribution in [0.3, 0.4) is 0 Å². The van der Waals surface area contributed by atoms with E-state index < -0.39 is 24.0 Å². The molecule has 216 valence electrons. The fourth-order valence-corrected chi connectivity index (χ4v) is 4.54. The molecule has 0 heterocycles. The number of benzene rings is 4. The van der Waals surface area contributed by atoms with Crippen LogP contribution in [0.25, 0.3) is 0 Å². The largest absolute Gasteiger partial charge is 0.488 e. The summed E-state index contributed by atoms with van der Waals surface area (Å²) < 4.78 is 11.7. The molecule has 2 N–H and O–H groups in total. The van der Waals surface area contributed by atoms with Crippen LogP contribution in [0.15, 0.2) is 102 Å². The van der Waals surface area contributed by atoms with Gasteiger partial charge in [-0.05, 0) is 48.9 Å². The first kappa shape index (κ1) is 30.9. The second kappa shape index (κ2) is 15.3. The van der Waals surface area contributed by atoms with Crippen molar-refractivity contribution in [2.75, 3.05) is 0 Å². The highest BCUT2D eigenvalue weighted by molar-refractivity contribution is 6.35. The molecule has 0 aliphatic carbocycles. The van der Waals surface area contributed by atoms with E-state index in [9.17, 15) is 9.59 Å². The number of nitrogens with zero attached hydrogens (tertiary/aromatic N) is 1. The normalized spacial score (nSPS) is 12.4. The molecule has 7 nitrogen and oxygen atoms in total. The molecule has 0 saturated heterocycles. The molecule has 0 bridgehead atoms. The van der Waals surface area contributed by atoms with E-state index >= 15 is 0 Å². The highest BCUT2D eigenvalue weighted by Gasteiger charge is 2.25. The molecular formula is C32H28Cl3N3O4. The molecule has 0 spiro atoms. The summed E-state index contributed by atoms with van der Waals surface area (Å²) in [5.41, 5.74) is 4.88. The van der Waals surface area contributed by atoms with E-state index in [4.69, 9.17) is 44.3 Å². The zero-order valence-corrected chi connectivity index (χ0v) is 24.9. The Bertz CT molecular complexity index is 1550. The number of amides is 2. The first-order chi connectivity index (χ1) is 20.3. The molecule has 4 aromatic carbocycles. The fourth-order valence-electron chi connectivity index (χ4n) is 3.90. The van der Waals surface area contributed by atoms with Gasteiger partial charge in [0.15, 0.2) is 6.10 Å². The van der Waals surface area contributed by atoms with Gasteiger partial charge in [-0.2, -0.15) is 5.10 Å². The van der Waals surface area contributed by atoms with E-state index in [0.29, 0.717) is 27.1 Å². The number of halogens is 3. The van der Waals surface area contributed by atoms with Crippen LogP contribution in [0.4, 0.5) is 0 Å². The first-order valence-corrected chi connectivity index (χ1v) is 14.2. The van der Waals surface area contributed by atoms with Crippen molar-refractivity contribution >= 4 is 52.8 Å². The van der Waals surface area contributed by atoms with Crippen molar-refractivity contribution < 1.29 is 19.1 Å². The number of hydrogen-bond donors (Lipinski definition) is 2. The van der Waals surface area contributed by atoms with Gasteiger partial charge in [0.2, 0.25) is 0 Å². The van der Waals surface area contributed by atoms with E-state index in [0.717, 1.165) is 11.1 Å². The van der Waals surface area contributed by atoms with Gasteiger partial charge >= 0.3 is 0 Å². The fraction of sp³-hybridized carbons (Fsp3) is 0.156. The lowest BCUT2D eigenvalue weighted by Gasteiger charge is -2.21. The van der Waals surface area contributed by atoms with Crippen LogP contribution < -0.4 is 20.2 Å². The summed E-state index contributed by atoms with van der Waals surface area (Å²) in [6, 6.07) is 27.8. The molecule has 42 heavy (non-hydrogen) atoms. The lowest BCUT2D eigenvalue weighted by atomic mass is 10.1. The molecule has 0 aromatic heterocycles. The summed E-state index contributed by atoms with van der Waals surface area (Å²) in [5, 5.41) is 8.22. The number of ether oxygens (including phenoxy) is 2. The second-order valence-corrected chi connectivity index (χ2v) is 10.5. The minimum absolute atomic E-state index is 0.236. The van der Waals surface area contributed by atoms with E-state index in [1.165, 1.54) is 12.3 Å². The number of carbonyl (C=O) groups excluding carboxylic acids is 2. The summed E-state index contributed by atoms with van der Waals surface area (Å²) in [5.74, 6) is -0.141. The summed E-state index contributed by atoms with van der Waals surface area (Å²) in [7, 11) is 0. The quantitative estimate of drug-likeness (QED) is 0.133. The Morgan fingerprint density at radius 2 is 1.55 bits per heavy atom. The summed E-state index contributed by atoms with van der Waals surface area (Å²) >= 11 is 18.4. The molecule has 0 radical (unpaired) electrons. The van der Waals surface area contributed by atoms with Gasteiger partial charge in [0.05, 0.1) is 11.2 Å². The smallest absolute Gasteiger partial charge is 0.262 e. The Morgan fingerprint density at radius 3 is 2.31 bits per heavy atom. The maximum Gasteiger partial charge on any atom is 0.262 e. The summed E-state index contributed by atoms with van der Waals surface area (Å²) in [6.45, 7) is 1.83. The standard InChI is InChI=1S/C32H28Cl3N3O4/c1-21(42-30-16-15-25(33)18-27(30)35)31(39)37-28(17-22-9-3-2-4-10-22)32(40)38-36-19-23-11-6-8-14-29(23)41-20-24-12-5-7-13-26(24)34/h2-16,18-19,21,28H,17,20H2,1H3,(H,37,39)(H,38,40)/b36-19-/t21-,28+/m1/s1. The number of carbonyl (C=O) groups is 2. The van der Waals surface area contributed by atoms with Crippen LogP contribution in [-0.4, -0.2) is 30.2 Å². The minimum atomic E-state index is -0.944. The van der Waals surface area contributed by atoms with Crippen molar-refractivity contribution in [3.8, 4) is 11.5 Å². The van der Waals surface area contributed by atoms with Crippen molar-refractivity contribution in [1.29, 1.82) is 0 Å². The zero-order valence-electron chi connectivity index (χ0n) is 22.6. The molecule has 0 aliphatic rings. The molecule has 0 aliphatic heterocycles. The van der Waals surface area contributed by atoms with Crippen molar-refractivity contribution in [3.63, 3.8) is 0 Å². The Kier molecular flexibility index (Phi) is 11.2. The Hall–Kier alpha value is -4.04. The van der Waals surface area contributed by atoms with Gasteiger partial charge in [-0.3, -0.25) is 9.59 Å². The van der Waals surface area contributed by atoms with Crippen LogP contribution in [0.1, 0.15) is 23.6 Å². The Morgan fingerprint density at radius 1 is 0.833 bits per heavy atom. The number of nitrogens with one attached hydrogen (secondary N) is 2. The maximum atomic E-state index is 13.2. The Balaban J connectivity index is 1.42. The van der Waals surface area contributed by atoms with Crippen LogP contribution >= 0.6 is 34.8 Å². The van der Waals surface area contributed by atoms with E-state index in [-0.39, 0.29) is 18.1 Å². The highest BCUT2D eigenvalue weighted by Crippen LogP contribution is 2.28. The van der Waals surface area contributed by atoms with Gasteiger partial charge in [-0.15, -0.1) is 0 Å². The molecule has 2 amide bonds. The molecule has 0 fully saturated rings. The lowest BCUT2D eigenvalue weighted by Crippen LogP contribution is -2.50. The van der Waals surface area contributed by atoms with Gasteiger partial charge in [-0.1, -0.05) is 95.5 Å². The third-order valence-electron chi connectivity index (χ3n) is 6.12. The van der Waals surface area contributed by atoms with E-state index in [2.05, 4.69) is 15.8 Å².